The maximum absolute atomic E-state index is 12.0. The summed E-state index contributed by atoms with van der Waals surface area (Å²) >= 11 is 2.42. The molecule has 15 heteroatoms. The van der Waals surface area contributed by atoms with E-state index in [0.717, 1.165) is 38.7 Å². The Morgan fingerprint density at radius 2 is 0.660 bits per heavy atom. The summed E-state index contributed by atoms with van der Waals surface area (Å²) < 4.78 is 72.5. The summed E-state index contributed by atoms with van der Waals surface area (Å²) in [5.74, 6) is -0.124. The second-order valence-electron chi connectivity index (χ2n) is 11.9. The number of carbonyl (C=O) groups is 1. The number of esters is 1. The molecule has 0 saturated heterocycles. The van der Waals surface area contributed by atoms with Crippen LogP contribution in [0.15, 0.2) is 0 Å². The van der Waals surface area contributed by atoms with Crippen LogP contribution in [-0.2, 0) is 66.4 Å². The summed E-state index contributed by atoms with van der Waals surface area (Å²) in [5, 5.41) is 0. The fourth-order valence-corrected chi connectivity index (χ4v) is 4.97. The van der Waals surface area contributed by atoms with Crippen LogP contribution in [0.2, 0.25) is 0 Å². The third-order valence-electron chi connectivity index (χ3n) is 7.47. The first-order valence-corrected chi connectivity index (χ1v) is 21.4. The van der Waals surface area contributed by atoms with Gasteiger partial charge in [-0.15, -0.1) is 0 Å². The lowest BCUT2D eigenvalue weighted by molar-refractivity contribution is -0.150. The molecule has 0 aromatic heterocycles. The second kappa shape index (κ2) is 47.9. The Hall–Kier alpha value is -0.280. The van der Waals surface area contributed by atoms with Gasteiger partial charge in [0.05, 0.1) is 158 Å². The predicted octanol–water partition coefficient (Wildman–Crippen LogP) is 4.94. The van der Waals surface area contributed by atoms with Crippen LogP contribution in [0.5, 0.6) is 0 Å². The molecule has 0 aromatic rings. The molecular weight excluding hydrogens is 807 g/mol. The zero-order valence-electron chi connectivity index (χ0n) is 33.2. The summed E-state index contributed by atoms with van der Waals surface area (Å²) in [6.45, 7) is 17.0. The van der Waals surface area contributed by atoms with E-state index >= 15 is 0 Å². The van der Waals surface area contributed by atoms with Gasteiger partial charge in [0, 0.05) is 6.61 Å². The average molecular weight is 883 g/mol. The number of halogens is 1. The average Bonchev–Trinajstić information content (AvgIpc) is 3.17. The SMILES string of the molecule is CCCCC(CC)C(=O)OCCOCCOCCOCCOCCOCCOCCOCCOCCOCCOCCOCCOCCCCCCI. The molecular formula is C38H75IO14. The third kappa shape index (κ3) is 44.3. The van der Waals surface area contributed by atoms with Gasteiger partial charge in [0.15, 0.2) is 0 Å². The molecule has 0 fully saturated rings. The lowest BCUT2D eigenvalue weighted by atomic mass is 10.00. The molecule has 0 aliphatic carbocycles. The highest BCUT2D eigenvalue weighted by Gasteiger charge is 2.17. The predicted molar refractivity (Wildman–Crippen MR) is 211 cm³/mol. The number of carbonyl (C=O) groups excluding carboxylic acids is 1. The lowest BCUT2D eigenvalue weighted by Gasteiger charge is -2.13. The topological polar surface area (TPSA) is 137 Å². The van der Waals surface area contributed by atoms with Crippen molar-refractivity contribution in [3.63, 3.8) is 0 Å². The highest BCUT2D eigenvalue weighted by molar-refractivity contribution is 14.1. The summed E-state index contributed by atoms with van der Waals surface area (Å²) in [6, 6.07) is 0. The summed E-state index contributed by atoms with van der Waals surface area (Å²) in [7, 11) is 0. The van der Waals surface area contributed by atoms with Crippen molar-refractivity contribution in [2.24, 2.45) is 5.92 Å². The fraction of sp³-hybridized carbons (Fsp3) is 0.974. The summed E-state index contributed by atoms with van der Waals surface area (Å²) in [4.78, 5) is 12.0. The van der Waals surface area contributed by atoms with Gasteiger partial charge in [-0.2, -0.15) is 0 Å². The lowest BCUT2D eigenvalue weighted by Crippen LogP contribution is -2.20. The van der Waals surface area contributed by atoms with Crippen molar-refractivity contribution >= 4 is 28.6 Å². The van der Waals surface area contributed by atoms with Crippen molar-refractivity contribution in [3.8, 4) is 0 Å². The molecule has 0 aliphatic heterocycles. The van der Waals surface area contributed by atoms with Gasteiger partial charge in [-0.25, -0.2) is 0 Å². The van der Waals surface area contributed by atoms with E-state index in [9.17, 15) is 4.79 Å². The highest BCUT2D eigenvalue weighted by atomic mass is 127. The molecule has 0 N–H and O–H groups in total. The van der Waals surface area contributed by atoms with Crippen molar-refractivity contribution in [2.75, 3.05) is 170 Å². The zero-order valence-corrected chi connectivity index (χ0v) is 35.4. The molecule has 318 valence electrons. The minimum Gasteiger partial charge on any atom is -0.463 e. The molecule has 0 bridgehead atoms. The molecule has 14 nitrogen and oxygen atoms in total. The quantitative estimate of drug-likeness (QED) is 0.0353. The van der Waals surface area contributed by atoms with Crippen molar-refractivity contribution < 1.29 is 66.4 Å². The van der Waals surface area contributed by atoms with Crippen LogP contribution in [0.1, 0.15) is 65.2 Å². The van der Waals surface area contributed by atoms with Gasteiger partial charge in [0.2, 0.25) is 0 Å². The van der Waals surface area contributed by atoms with E-state index < -0.39 is 0 Å². The molecule has 0 amide bonds. The number of hydrogen-bond donors (Lipinski definition) is 0. The van der Waals surface area contributed by atoms with E-state index in [2.05, 4.69) is 29.5 Å². The van der Waals surface area contributed by atoms with E-state index in [4.69, 9.17) is 61.6 Å². The van der Waals surface area contributed by atoms with Crippen molar-refractivity contribution in [1.29, 1.82) is 0 Å². The van der Waals surface area contributed by atoms with Crippen LogP contribution >= 0.6 is 22.6 Å². The first-order chi connectivity index (χ1) is 26.3. The van der Waals surface area contributed by atoms with Crippen LogP contribution in [0.4, 0.5) is 0 Å². The molecule has 0 radical (unpaired) electrons. The van der Waals surface area contributed by atoms with E-state index in [1.54, 1.807) is 0 Å². The Labute approximate surface area is 334 Å². The standard InChI is InChI=1S/C38H75IO14/c1-3-5-10-37(4-2)38(40)53-36-35-52-34-33-51-32-31-50-30-29-49-28-27-48-26-25-47-24-23-46-22-21-45-20-19-44-18-17-43-16-15-42-14-13-41-12-9-7-6-8-11-39/h37H,3-36H2,1-2H3. The van der Waals surface area contributed by atoms with E-state index in [1.807, 2.05) is 6.92 Å². The Balaban J connectivity index is 3.12. The van der Waals surface area contributed by atoms with Gasteiger partial charge in [-0.1, -0.05) is 62.1 Å². The van der Waals surface area contributed by atoms with Crippen LogP contribution in [-0.4, -0.2) is 176 Å². The van der Waals surface area contributed by atoms with Gasteiger partial charge in [-0.05, 0) is 30.1 Å². The van der Waals surface area contributed by atoms with E-state index in [1.165, 1.54) is 23.7 Å². The van der Waals surface area contributed by atoms with Gasteiger partial charge < -0.3 is 61.6 Å². The van der Waals surface area contributed by atoms with Crippen LogP contribution in [0.25, 0.3) is 0 Å². The van der Waals surface area contributed by atoms with Crippen LogP contribution < -0.4 is 0 Å². The number of rotatable bonds is 47. The molecule has 1 atom stereocenters. The normalized spacial score (nSPS) is 12.1. The fourth-order valence-electron chi connectivity index (χ4n) is 4.43. The number of hydrogen-bond acceptors (Lipinski definition) is 14. The minimum atomic E-state index is -0.120. The van der Waals surface area contributed by atoms with E-state index in [-0.39, 0.29) is 18.5 Å². The van der Waals surface area contributed by atoms with Crippen molar-refractivity contribution in [1.82, 2.24) is 0 Å². The zero-order chi connectivity index (χ0) is 38.4. The minimum absolute atomic E-state index is 0.00426. The number of ether oxygens (including phenoxy) is 13. The monoisotopic (exact) mass is 882 g/mol. The largest absolute Gasteiger partial charge is 0.463 e. The Bertz CT molecular complexity index is 697. The van der Waals surface area contributed by atoms with Crippen LogP contribution in [0.3, 0.4) is 0 Å². The highest BCUT2D eigenvalue weighted by Crippen LogP contribution is 2.14. The Morgan fingerprint density at radius 3 is 0.943 bits per heavy atom. The van der Waals surface area contributed by atoms with Crippen molar-refractivity contribution in [3.05, 3.63) is 0 Å². The van der Waals surface area contributed by atoms with Gasteiger partial charge in [0.25, 0.3) is 0 Å². The molecule has 0 rings (SSSR count). The Morgan fingerprint density at radius 1 is 0.377 bits per heavy atom. The molecule has 0 heterocycles. The smallest absolute Gasteiger partial charge is 0.308 e. The first-order valence-electron chi connectivity index (χ1n) is 19.9. The molecule has 0 aromatic carbocycles. The van der Waals surface area contributed by atoms with Gasteiger partial charge >= 0.3 is 5.97 Å². The molecule has 1 unspecified atom stereocenters. The summed E-state index contributed by atoms with van der Waals surface area (Å²) in [6.07, 6.45) is 8.80. The number of alkyl halides is 1. The number of unbranched alkanes of at least 4 members (excludes halogenated alkanes) is 4. The molecule has 53 heavy (non-hydrogen) atoms. The maximum Gasteiger partial charge on any atom is 0.308 e. The third-order valence-corrected chi connectivity index (χ3v) is 8.23. The van der Waals surface area contributed by atoms with E-state index in [0.29, 0.717) is 152 Å². The van der Waals surface area contributed by atoms with Crippen LogP contribution in [0, 0.1) is 5.92 Å². The van der Waals surface area contributed by atoms with Crippen molar-refractivity contribution in [2.45, 2.75) is 65.2 Å². The molecule has 0 spiro atoms. The maximum atomic E-state index is 12.0. The first kappa shape index (κ1) is 52.7. The Kier molecular flexibility index (Phi) is 47.6. The van der Waals surface area contributed by atoms with Gasteiger partial charge in [0.1, 0.15) is 6.61 Å². The molecule has 0 aliphatic rings. The van der Waals surface area contributed by atoms with Gasteiger partial charge in [-0.3, -0.25) is 4.79 Å². The molecule has 0 saturated carbocycles. The summed E-state index contributed by atoms with van der Waals surface area (Å²) in [5.41, 5.74) is 0. The second-order valence-corrected chi connectivity index (χ2v) is 12.9.